The first-order valence-corrected chi connectivity index (χ1v) is 12.3. The van der Waals surface area contributed by atoms with Crippen LogP contribution >= 0.6 is 11.6 Å². The Hall–Kier alpha value is -2.40. The lowest BCUT2D eigenvalue weighted by molar-refractivity contribution is -0.139. The van der Waals surface area contributed by atoms with E-state index in [4.69, 9.17) is 11.6 Å². The van der Waals surface area contributed by atoms with E-state index in [1.54, 1.807) is 12.1 Å². The van der Waals surface area contributed by atoms with E-state index < -0.39 is 6.04 Å². The van der Waals surface area contributed by atoms with Crippen LogP contribution in [0.1, 0.15) is 55.8 Å². The number of nitrogens with one attached hydrogen (secondary N) is 1. The van der Waals surface area contributed by atoms with E-state index in [9.17, 15) is 14.0 Å². The molecule has 4 nitrogen and oxygen atoms in total. The maximum absolute atomic E-state index is 13.6. The molecule has 1 fully saturated rings. The van der Waals surface area contributed by atoms with Crippen molar-refractivity contribution in [3.63, 3.8) is 0 Å². The molecule has 1 aliphatic rings. The third-order valence-corrected chi connectivity index (χ3v) is 7.21. The van der Waals surface area contributed by atoms with Crippen molar-refractivity contribution in [2.24, 2.45) is 11.8 Å². The van der Waals surface area contributed by atoms with E-state index in [2.05, 4.69) is 19.2 Å². The lowest BCUT2D eigenvalue weighted by Crippen LogP contribution is -2.50. The molecule has 0 bridgehead atoms. The van der Waals surface area contributed by atoms with Gasteiger partial charge in [0.25, 0.3) is 0 Å². The lowest BCUT2D eigenvalue weighted by atomic mass is 9.78. The summed E-state index contributed by atoms with van der Waals surface area (Å²) in [6, 6.07) is 13.1. The Balaban J connectivity index is 1.88. The van der Waals surface area contributed by atoms with Crippen molar-refractivity contribution in [3.05, 3.63) is 71.0 Å². The predicted octanol–water partition coefficient (Wildman–Crippen LogP) is 5.43. The van der Waals surface area contributed by atoms with Crippen LogP contribution in [0.15, 0.2) is 48.5 Å². The maximum Gasteiger partial charge on any atom is 0.247 e. The summed E-state index contributed by atoms with van der Waals surface area (Å²) in [5.41, 5.74) is 2.81. The molecule has 2 aromatic carbocycles. The highest BCUT2D eigenvalue weighted by atomic mass is 35.5. The quantitative estimate of drug-likeness (QED) is 0.521. The molecule has 2 amide bonds. The van der Waals surface area contributed by atoms with Gasteiger partial charge in [-0.25, -0.2) is 4.39 Å². The van der Waals surface area contributed by atoms with Gasteiger partial charge < -0.3 is 10.2 Å². The number of hydrogen-bond acceptors (Lipinski definition) is 2. The summed E-state index contributed by atoms with van der Waals surface area (Å²) in [6.45, 7) is 6.74. The molecule has 4 atom stereocenters. The summed E-state index contributed by atoms with van der Waals surface area (Å²) in [5, 5.41) is 3.21. The number of halogens is 2. The largest absolute Gasteiger partial charge is 0.351 e. The Bertz CT molecular complexity index is 932. The molecule has 6 heteroatoms. The van der Waals surface area contributed by atoms with Gasteiger partial charge in [0, 0.05) is 12.6 Å². The molecule has 0 unspecified atom stereocenters. The van der Waals surface area contributed by atoms with Gasteiger partial charge in [-0.15, -0.1) is 11.6 Å². The monoisotopic (exact) mass is 472 g/mol. The number of alkyl halides is 1. The fraction of sp³-hybridized carbons (Fsp3) is 0.481. The number of benzene rings is 2. The van der Waals surface area contributed by atoms with Crippen LogP contribution in [0.5, 0.6) is 0 Å². The molecule has 1 N–H and O–H groups in total. The Kier molecular flexibility index (Phi) is 8.90. The van der Waals surface area contributed by atoms with Crippen molar-refractivity contribution in [2.45, 2.75) is 58.5 Å². The minimum Gasteiger partial charge on any atom is -0.351 e. The van der Waals surface area contributed by atoms with Crippen LogP contribution in [-0.2, 0) is 16.0 Å². The van der Waals surface area contributed by atoms with E-state index in [1.165, 1.54) is 17.0 Å². The normalized spacial score (nSPS) is 21.3. The van der Waals surface area contributed by atoms with Crippen molar-refractivity contribution >= 4 is 23.4 Å². The van der Waals surface area contributed by atoms with E-state index in [0.29, 0.717) is 30.4 Å². The molecule has 0 aromatic heterocycles. The van der Waals surface area contributed by atoms with E-state index in [0.717, 1.165) is 30.4 Å². The zero-order chi connectivity index (χ0) is 24.0. The average Bonchev–Trinajstić information content (AvgIpc) is 2.81. The van der Waals surface area contributed by atoms with Crippen LogP contribution in [-0.4, -0.2) is 35.2 Å². The standard InChI is InChI=1S/C27H34ClFN2O2/c1-18-7-9-21(10-8-18)15-16-31(25(32)17-28)26(22-11-13-23(29)14-12-22)27(33)30-24-6-4-5-19(2)20(24)3/h7-14,19-20,24,26H,4-6,15-17H2,1-3H3,(H,30,33)/t19-,20-,24-,26+/m1/s1. The fourth-order valence-corrected chi connectivity index (χ4v) is 4.80. The Morgan fingerprint density at radius 3 is 2.39 bits per heavy atom. The van der Waals surface area contributed by atoms with Crippen LogP contribution in [0.4, 0.5) is 4.39 Å². The van der Waals surface area contributed by atoms with Gasteiger partial charge in [-0.3, -0.25) is 9.59 Å². The third kappa shape index (κ3) is 6.57. The third-order valence-electron chi connectivity index (χ3n) is 6.98. The van der Waals surface area contributed by atoms with Crippen molar-refractivity contribution in [1.29, 1.82) is 0 Å². The zero-order valence-corrected chi connectivity index (χ0v) is 20.4. The van der Waals surface area contributed by atoms with E-state index in [1.807, 2.05) is 31.2 Å². The van der Waals surface area contributed by atoms with Crippen LogP contribution in [0.3, 0.4) is 0 Å². The molecule has 33 heavy (non-hydrogen) atoms. The number of hydrogen-bond donors (Lipinski definition) is 1. The first kappa shape index (κ1) is 25.2. The molecule has 0 saturated heterocycles. The van der Waals surface area contributed by atoms with Crippen molar-refractivity contribution in [2.75, 3.05) is 12.4 Å². The summed E-state index contributed by atoms with van der Waals surface area (Å²) in [7, 11) is 0. The Morgan fingerprint density at radius 2 is 1.76 bits per heavy atom. The number of nitrogens with zero attached hydrogens (tertiary/aromatic N) is 1. The smallest absolute Gasteiger partial charge is 0.247 e. The van der Waals surface area contributed by atoms with Crippen LogP contribution < -0.4 is 5.32 Å². The highest BCUT2D eigenvalue weighted by molar-refractivity contribution is 6.27. The number of carbonyl (C=O) groups is 2. The number of carbonyl (C=O) groups excluding carboxylic acids is 2. The summed E-state index contributed by atoms with van der Waals surface area (Å²) in [6.07, 6.45) is 3.72. The molecule has 3 rings (SSSR count). The molecule has 178 valence electrons. The van der Waals surface area contributed by atoms with Gasteiger partial charge in [0.15, 0.2) is 0 Å². The first-order chi connectivity index (χ1) is 15.8. The minimum atomic E-state index is -0.869. The highest BCUT2D eigenvalue weighted by Crippen LogP contribution is 2.31. The summed E-state index contributed by atoms with van der Waals surface area (Å²) in [4.78, 5) is 28.1. The Morgan fingerprint density at radius 1 is 1.09 bits per heavy atom. The van der Waals surface area contributed by atoms with E-state index in [-0.39, 0.29) is 29.6 Å². The van der Waals surface area contributed by atoms with Gasteiger partial charge in [0.2, 0.25) is 11.8 Å². The first-order valence-electron chi connectivity index (χ1n) is 11.8. The van der Waals surface area contributed by atoms with Crippen molar-refractivity contribution < 1.29 is 14.0 Å². The summed E-state index contributed by atoms with van der Waals surface area (Å²) >= 11 is 5.96. The minimum absolute atomic E-state index is 0.0502. The van der Waals surface area contributed by atoms with Gasteiger partial charge in [-0.1, -0.05) is 68.7 Å². The number of amides is 2. The molecule has 1 aliphatic carbocycles. The summed E-state index contributed by atoms with van der Waals surface area (Å²) in [5.74, 6) is -0.303. The van der Waals surface area contributed by atoms with Gasteiger partial charge in [-0.05, 0) is 54.9 Å². The van der Waals surface area contributed by atoms with Crippen LogP contribution in [0, 0.1) is 24.6 Å². The second-order valence-corrected chi connectivity index (χ2v) is 9.56. The Labute approximate surface area is 201 Å². The molecule has 0 radical (unpaired) electrons. The van der Waals surface area contributed by atoms with Gasteiger partial charge >= 0.3 is 0 Å². The highest BCUT2D eigenvalue weighted by Gasteiger charge is 2.35. The lowest BCUT2D eigenvalue weighted by Gasteiger charge is -2.37. The molecule has 1 saturated carbocycles. The fourth-order valence-electron chi connectivity index (χ4n) is 4.64. The molecule has 2 aromatic rings. The molecular formula is C27H34ClFN2O2. The zero-order valence-electron chi connectivity index (χ0n) is 19.7. The second kappa shape index (κ2) is 11.6. The van der Waals surface area contributed by atoms with Gasteiger partial charge in [0.1, 0.15) is 17.7 Å². The van der Waals surface area contributed by atoms with Gasteiger partial charge in [-0.2, -0.15) is 0 Å². The number of aryl methyl sites for hydroxylation is 1. The number of rotatable bonds is 8. The van der Waals surface area contributed by atoms with Crippen molar-refractivity contribution in [3.8, 4) is 0 Å². The van der Waals surface area contributed by atoms with Crippen molar-refractivity contribution in [1.82, 2.24) is 10.2 Å². The van der Waals surface area contributed by atoms with Gasteiger partial charge in [0.05, 0.1) is 0 Å². The van der Waals surface area contributed by atoms with Crippen LogP contribution in [0.2, 0.25) is 0 Å². The second-order valence-electron chi connectivity index (χ2n) is 9.29. The summed E-state index contributed by atoms with van der Waals surface area (Å²) < 4.78 is 13.6. The predicted molar refractivity (Wildman–Crippen MR) is 131 cm³/mol. The maximum atomic E-state index is 13.6. The molecule has 0 spiro atoms. The topological polar surface area (TPSA) is 49.4 Å². The SMILES string of the molecule is Cc1ccc(CCN(C(=O)CCl)[C@H](C(=O)N[C@@H]2CCC[C@@H](C)[C@H]2C)c2ccc(F)cc2)cc1. The van der Waals surface area contributed by atoms with E-state index >= 15 is 0 Å². The molecule has 0 heterocycles. The molecular weight excluding hydrogens is 439 g/mol. The average molecular weight is 473 g/mol. The molecule has 0 aliphatic heterocycles. The van der Waals surface area contributed by atoms with Crippen LogP contribution in [0.25, 0.3) is 0 Å².